The molecule has 0 saturated carbocycles. The topological polar surface area (TPSA) is 126 Å². The third kappa shape index (κ3) is 4.58. The van der Waals surface area contributed by atoms with Crippen LogP contribution in [-0.2, 0) is 16.4 Å². The van der Waals surface area contributed by atoms with E-state index in [4.69, 9.17) is 0 Å². The van der Waals surface area contributed by atoms with Crippen molar-refractivity contribution in [2.24, 2.45) is 0 Å². The van der Waals surface area contributed by atoms with Gasteiger partial charge in [-0.15, -0.1) is 0 Å². The fourth-order valence-corrected chi connectivity index (χ4v) is 3.56. The van der Waals surface area contributed by atoms with E-state index < -0.39 is 21.5 Å². The minimum absolute atomic E-state index is 0.101. The highest BCUT2D eigenvalue weighted by molar-refractivity contribution is 7.90. The van der Waals surface area contributed by atoms with Crippen LogP contribution in [-0.4, -0.2) is 39.8 Å². The second kappa shape index (κ2) is 7.87. The molecule has 0 fully saturated rings. The number of aromatic nitrogens is 5. The number of nitrogens with zero attached hydrogens (tertiary/aromatic N) is 4. The Morgan fingerprint density at radius 1 is 1.13 bits per heavy atom. The minimum Gasteiger partial charge on any atom is -0.350 e. The van der Waals surface area contributed by atoms with E-state index in [9.17, 15) is 17.2 Å². The molecule has 0 unspecified atom stereocenters. The fourth-order valence-electron chi connectivity index (χ4n) is 2.86. The lowest BCUT2D eigenvalue weighted by Crippen LogP contribution is -2.07. The highest BCUT2D eigenvalue weighted by atomic mass is 32.2. The van der Waals surface area contributed by atoms with Gasteiger partial charge in [0.25, 0.3) is 0 Å². The molecule has 3 heterocycles. The molecule has 0 aliphatic rings. The summed E-state index contributed by atoms with van der Waals surface area (Å²) in [4.78, 5) is 12.4. The summed E-state index contributed by atoms with van der Waals surface area (Å²) in [5.74, 6) is -0.171. The number of halogens is 2. The molecule has 0 aliphatic heterocycles. The van der Waals surface area contributed by atoms with Gasteiger partial charge >= 0.3 is 0 Å². The van der Waals surface area contributed by atoms with Crippen molar-refractivity contribution in [3.05, 3.63) is 59.4 Å². The number of rotatable bonds is 6. The van der Waals surface area contributed by atoms with E-state index in [1.54, 1.807) is 13.0 Å². The Morgan fingerprint density at radius 3 is 2.71 bits per heavy atom. The zero-order valence-corrected chi connectivity index (χ0v) is 17.3. The Bertz CT molecular complexity index is 1390. The number of hydrogen-bond acceptors (Lipinski definition) is 8. The van der Waals surface area contributed by atoms with Gasteiger partial charge in [-0.2, -0.15) is 10.1 Å². The molecular weight excluding hydrogens is 428 g/mol. The van der Waals surface area contributed by atoms with Crippen LogP contribution < -0.4 is 10.6 Å². The number of pyridine rings is 1. The van der Waals surface area contributed by atoms with E-state index in [0.29, 0.717) is 28.2 Å². The second-order valence-corrected chi connectivity index (χ2v) is 8.85. The smallest absolute Gasteiger partial charge is 0.224 e. The van der Waals surface area contributed by atoms with Gasteiger partial charge < -0.3 is 10.6 Å². The van der Waals surface area contributed by atoms with Gasteiger partial charge in [-0.25, -0.2) is 27.2 Å². The van der Waals surface area contributed by atoms with Crippen LogP contribution in [0.2, 0.25) is 0 Å². The zero-order valence-electron chi connectivity index (χ0n) is 16.4. The third-order valence-corrected chi connectivity index (χ3v) is 5.48. The van der Waals surface area contributed by atoms with Crippen LogP contribution in [0.3, 0.4) is 0 Å². The van der Waals surface area contributed by atoms with Gasteiger partial charge in [0.1, 0.15) is 17.5 Å². The molecule has 0 amide bonds. The molecule has 12 heteroatoms. The van der Waals surface area contributed by atoms with E-state index in [0.717, 1.165) is 12.3 Å². The van der Waals surface area contributed by atoms with Crippen molar-refractivity contribution in [3.63, 3.8) is 0 Å². The van der Waals surface area contributed by atoms with Crippen LogP contribution in [0.1, 0.15) is 11.3 Å². The van der Waals surface area contributed by atoms with Crippen molar-refractivity contribution < 1.29 is 17.2 Å². The van der Waals surface area contributed by atoms with Crippen LogP contribution in [0.15, 0.2) is 41.4 Å². The van der Waals surface area contributed by atoms with Crippen LogP contribution in [0, 0.1) is 18.6 Å². The van der Waals surface area contributed by atoms with Gasteiger partial charge in [0, 0.05) is 19.0 Å². The molecule has 0 bridgehead atoms. The first-order chi connectivity index (χ1) is 14.7. The van der Waals surface area contributed by atoms with E-state index in [1.165, 1.54) is 24.4 Å². The maximum Gasteiger partial charge on any atom is 0.224 e. The van der Waals surface area contributed by atoms with Gasteiger partial charge in [0.15, 0.2) is 21.3 Å². The number of anilines is 3. The second-order valence-electron chi connectivity index (χ2n) is 6.84. The highest BCUT2D eigenvalue weighted by Gasteiger charge is 2.13. The van der Waals surface area contributed by atoms with Gasteiger partial charge in [-0.3, -0.25) is 5.10 Å². The summed E-state index contributed by atoms with van der Waals surface area (Å²) in [5, 5.41) is 13.2. The van der Waals surface area contributed by atoms with Crippen LogP contribution >= 0.6 is 0 Å². The van der Waals surface area contributed by atoms with Gasteiger partial charge in [-0.1, -0.05) is 0 Å². The molecule has 0 saturated heterocycles. The molecule has 9 nitrogen and oxygen atoms in total. The van der Waals surface area contributed by atoms with Gasteiger partial charge in [0.2, 0.25) is 5.95 Å². The summed E-state index contributed by atoms with van der Waals surface area (Å²) in [6, 6.07) is 6.49. The lowest BCUT2D eigenvalue weighted by molar-refractivity contribution is 0.595. The Morgan fingerprint density at radius 2 is 1.94 bits per heavy atom. The zero-order chi connectivity index (χ0) is 22.2. The van der Waals surface area contributed by atoms with Crippen molar-refractivity contribution in [2.75, 3.05) is 16.9 Å². The maximum absolute atomic E-state index is 13.9. The maximum atomic E-state index is 13.9. The number of fused-ring (bicyclic) bond motifs is 1. The quantitative estimate of drug-likeness (QED) is 0.413. The SMILES string of the molecule is Cc1nc2[nH]nc(Nc3ccnc(NCc4cc(F)cc(S(C)(=O)=O)c4)n3)c2cc1F. The molecule has 3 N–H and O–H groups in total. The largest absolute Gasteiger partial charge is 0.350 e. The van der Waals surface area contributed by atoms with Gasteiger partial charge in [-0.05, 0) is 42.8 Å². The van der Waals surface area contributed by atoms with E-state index in [-0.39, 0.29) is 23.1 Å². The number of aryl methyl sites for hydroxylation is 1. The number of hydrogen-bond donors (Lipinski definition) is 3. The monoisotopic (exact) mass is 445 g/mol. The lowest BCUT2D eigenvalue weighted by Gasteiger charge is -2.09. The number of benzene rings is 1. The molecule has 0 atom stereocenters. The Labute approximate surface area is 175 Å². The number of sulfone groups is 1. The average molecular weight is 445 g/mol. The third-order valence-electron chi connectivity index (χ3n) is 4.39. The van der Waals surface area contributed by atoms with Crippen molar-refractivity contribution in [2.45, 2.75) is 18.4 Å². The van der Waals surface area contributed by atoms with Crippen molar-refractivity contribution >= 4 is 38.5 Å². The molecule has 0 spiro atoms. The fraction of sp³-hybridized carbons (Fsp3) is 0.158. The Kier molecular flexibility index (Phi) is 5.23. The number of H-pyrrole nitrogens is 1. The molecule has 4 aromatic rings. The summed E-state index contributed by atoms with van der Waals surface area (Å²) in [6.07, 6.45) is 2.50. The molecule has 160 valence electrons. The van der Waals surface area contributed by atoms with Crippen molar-refractivity contribution in [3.8, 4) is 0 Å². The summed E-state index contributed by atoms with van der Waals surface area (Å²) in [6.45, 7) is 1.66. The Hall–Kier alpha value is -3.67. The van der Waals surface area contributed by atoms with E-state index >= 15 is 0 Å². The summed E-state index contributed by atoms with van der Waals surface area (Å²) < 4.78 is 51.0. The summed E-state index contributed by atoms with van der Waals surface area (Å²) >= 11 is 0. The Balaban J connectivity index is 1.52. The number of aromatic amines is 1. The van der Waals surface area contributed by atoms with E-state index in [2.05, 4.69) is 35.8 Å². The normalized spacial score (nSPS) is 11.6. The molecule has 3 aromatic heterocycles. The summed E-state index contributed by atoms with van der Waals surface area (Å²) in [7, 11) is -3.54. The minimum atomic E-state index is -3.54. The lowest BCUT2D eigenvalue weighted by atomic mass is 10.2. The summed E-state index contributed by atoms with van der Waals surface area (Å²) in [5.41, 5.74) is 1.10. The molecular formula is C19H17F2N7O2S. The predicted molar refractivity (Wildman–Crippen MR) is 111 cm³/mol. The van der Waals surface area contributed by atoms with E-state index in [1.807, 2.05) is 0 Å². The molecule has 4 rings (SSSR count). The highest BCUT2D eigenvalue weighted by Crippen LogP contribution is 2.24. The van der Waals surface area contributed by atoms with Crippen LogP contribution in [0.25, 0.3) is 11.0 Å². The molecule has 1 aromatic carbocycles. The van der Waals surface area contributed by atoms with Crippen LogP contribution in [0.4, 0.5) is 26.4 Å². The molecule has 31 heavy (non-hydrogen) atoms. The first-order valence-electron chi connectivity index (χ1n) is 9.04. The molecule has 0 radical (unpaired) electrons. The first kappa shape index (κ1) is 20.6. The predicted octanol–water partition coefficient (Wildman–Crippen LogP) is 3.09. The molecule has 0 aliphatic carbocycles. The standard InChI is InChI=1S/C19H17F2N7O2S/c1-10-15(21)8-14-17(24-10)27-28-18(14)25-16-3-4-22-19(26-16)23-9-11-5-12(20)7-13(6-11)31(2,29)30/h3-8H,9H2,1-2H3,(H3,22,23,24,25,26,27,28). The van der Waals surface area contributed by atoms with Crippen LogP contribution in [0.5, 0.6) is 0 Å². The number of nitrogens with one attached hydrogen (secondary N) is 3. The first-order valence-corrected chi connectivity index (χ1v) is 10.9. The van der Waals surface area contributed by atoms with Crippen molar-refractivity contribution in [1.82, 2.24) is 25.1 Å². The van der Waals surface area contributed by atoms with Gasteiger partial charge in [0.05, 0.1) is 16.0 Å². The van der Waals surface area contributed by atoms with Crippen molar-refractivity contribution in [1.29, 1.82) is 0 Å². The average Bonchev–Trinajstić information content (AvgIpc) is 3.07.